The van der Waals surface area contributed by atoms with Gasteiger partial charge in [-0.25, -0.2) is 0 Å². The molecule has 55 heavy (non-hydrogen) atoms. The summed E-state index contributed by atoms with van der Waals surface area (Å²) in [6, 6.07) is 0. The van der Waals surface area contributed by atoms with Crippen LogP contribution in [0.1, 0.15) is 98.8 Å². The molecule has 2 heterocycles. The molecule has 2 aliphatic heterocycles. The first-order chi connectivity index (χ1) is 25.9. The van der Waals surface area contributed by atoms with Crippen LogP contribution in [0.5, 0.6) is 0 Å². The summed E-state index contributed by atoms with van der Waals surface area (Å²) in [5.41, 5.74) is -1.07. The second-order valence-electron chi connectivity index (χ2n) is 19.3. The van der Waals surface area contributed by atoms with Gasteiger partial charge in [0.25, 0.3) is 0 Å². The van der Waals surface area contributed by atoms with Crippen LogP contribution in [0, 0.1) is 44.8 Å². The molecule has 18 atom stereocenters. The summed E-state index contributed by atoms with van der Waals surface area (Å²) >= 11 is 0. The highest BCUT2D eigenvalue weighted by atomic mass is 16.8. The van der Waals surface area contributed by atoms with Crippen molar-refractivity contribution in [2.24, 2.45) is 44.8 Å². The summed E-state index contributed by atoms with van der Waals surface area (Å²) in [5, 5.41) is 106. The van der Waals surface area contributed by atoms with Crippen LogP contribution in [0.4, 0.5) is 0 Å². The summed E-state index contributed by atoms with van der Waals surface area (Å²) in [7, 11) is 0. The van der Waals surface area contributed by atoms with Gasteiger partial charge in [0.1, 0.15) is 42.7 Å². The van der Waals surface area contributed by atoms with Crippen molar-refractivity contribution >= 4 is 0 Å². The Bertz CT molecular complexity index is 1350. The summed E-state index contributed by atoms with van der Waals surface area (Å²) < 4.78 is 24.2. The van der Waals surface area contributed by atoms with E-state index in [0.717, 1.165) is 44.1 Å². The summed E-state index contributed by atoms with van der Waals surface area (Å²) in [6.45, 7) is 9.96. The standard InChI is InChI=1S/C41H70O14/c1-22(17-42)7-6-12-40(20-44)15-16-41(21-45)23(34(40)51)8-9-27-38(4)13-11-28(37(2,3)26(38)10-14-39(27,41)5)54-36-33(29(47)24(46)19-52-36)55-35-32(50)31(49)30(48)25(18-43)53-35/h7,23-36,42-51H,6,8-21H2,1-5H3/t23-,24?,25?,26+,27-,28+,29?,30?,31?,32?,33?,34-,35?,36?,38+,39-,40-,41+/m1/s1. The average Bonchev–Trinajstić information content (AvgIpc) is 3.16. The lowest BCUT2D eigenvalue weighted by molar-refractivity contribution is -0.367. The maximum Gasteiger partial charge on any atom is 0.187 e. The van der Waals surface area contributed by atoms with Crippen molar-refractivity contribution in [3.8, 4) is 0 Å². The summed E-state index contributed by atoms with van der Waals surface area (Å²) in [6.07, 6.45) is -4.73. The largest absolute Gasteiger partial charge is 0.396 e. The summed E-state index contributed by atoms with van der Waals surface area (Å²) in [4.78, 5) is 0. The number of allylic oxidation sites excluding steroid dienone is 1. The molecule has 0 aromatic rings. The molecule has 4 saturated carbocycles. The molecule has 6 aliphatic rings. The molecule has 9 unspecified atom stereocenters. The molecule has 6 rings (SSSR count). The van der Waals surface area contributed by atoms with Gasteiger partial charge in [-0.3, -0.25) is 0 Å². The van der Waals surface area contributed by atoms with E-state index in [1.807, 2.05) is 13.0 Å². The van der Waals surface area contributed by atoms with Crippen molar-refractivity contribution in [3.63, 3.8) is 0 Å². The minimum atomic E-state index is -1.71. The highest BCUT2D eigenvalue weighted by Gasteiger charge is 2.71. The van der Waals surface area contributed by atoms with Gasteiger partial charge in [-0.2, -0.15) is 0 Å². The van der Waals surface area contributed by atoms with E-state index >= 15 is 0 Å². The quantitative estimate of drug-likeness (QED) is 0.103. The minimum absolute atomic E-state index is 0.0177. The fourth-order valence-electron chi connectivity index (χ4n) is 13.1. The molecule has 0 bridgehead atoms. The topological polar surface area (TPSA) is 239 Å². The fraction of sp³-hybridized carbons (Fsp3) is 0.951. The molecule has 0 radical (unpaired) electrons. The molecule has 318 valence electrons. The van der Waals surface area contributed by atoms with Crippen molar-refractivity contribution in [2.75, 3.05) is 33.0 Å². The number of hydrogen-bond donors (Lipinski definition) is 10. The predicted octanol–water partition coefficient (Wildman–Crippen LogP) is 0.735. The molecule has 2 saturated heterocycles. The van der Waals surface area contributed by atoms with E-state index in [2.05, 4.69) is 27.7 Å². The van der Waals surface area contributed by atoms with Gasteiger partial charge in [-0.15, -0.1) is 0 Å². The Labute approximate surface area is 325 Å². The van der Waals surface area contributed by atoms with Crippen LogP contribution in [-0.4, -0.2) is 152 Å². The number of ether oxygens (including phenoxy) is 4. The number of aliphatic hydroxyl groups is 10. The van der Waals surface area contributed by atoms with Gasteiger partial charge in [0.15, 0.2) is 12.6 Å². The van der Waals surface area contributed by atoms with Crippen molar-refractivity contribution in [1.29, 1.82) is 0 Å². The SMILES string of the molecule is CC(=CCC[C@]1(CO)CC[C@]2(CO)[C@H](CC[C@@H]3[C@@]4(C)CC[C@H](OC5OCC(O)C(O)C5OC5OC(CO)C(O)C(O)C5O)C(C)(C)[C@@H]4CC[C@]32C)[C@H]1O)CO. The first kappa shape index (κ1) is 43.8. The Balaban J connectivity index is 1.20. The number of hydrogen-bond acceptors (Lipinski definition) is 14. The van der Waals surface area contributed by atoms with Crippen molar-refractivity contribution < 1.29 is 70.0 Å². The van der Waals surface area contributed by atoms with Gasteiger partial charge in [-0.1, -0.05) is 39.3 Å². The van der Waals surface area contributed by atoms with Crippen LogP contribution >= 0.6 is 0 Å². The van der Waals surface area contributed by atoms with Crippen molar-refractivity contribution in [1.82, 2.24) is 0 Å². The maximum absolute atomic E-state index is 12.2. The van der Waals surface area contributed by atoms with Crippen LogP contribution in [0.15, 0.2) is 11.6 Å². The molecule has 0 amide bonds. The zero-order chi connectivity index (χ0) is 40.3. The van der Waals surface area contributed by atoms with E-state index < -0.39 is 84.3 Å². The first-order valence-corrected chi connectivity index (χ1v) is 20.7. The number of aliphatic hydroxyl groups excluding tert-OH is 10. The second kappa shape index (κ2) is 16.3. The second-order valence-corrected chi connectivity index (χ2v) is 19.3. The minimum Gasteiger partial charge on any atom is -0.396 e. The zero-order valence-electron chi connectivity index (χ0n) is 33.4. The average molecular weight is 787 g/mol. The molecule has 6 fully saturated rings. The lowest BCUT2D eigenvalue weighted by Gasteiger charge is -2.73. The van der Waals surface area contributed by atoms with E-state index in [1.54, 1.807) is 0 Å². The predicted molar refractivity (Wildman–Crippen MR) is 198 cm³/mol. The molecular weight excluding hydrogens is 716 g/mol. The lowest BCUT2D eigenvalue weighted by atomic mass is 9.32. The van der Waals surface area contributed by atoms with Crippen molar-refractivity contribution in [3.05, 3.63) is 11.6 Å². The zero-order valence-corrected chi connectivity index (χ0v) is 33.4. The molecule has 14 heteroatoms. The van der Waals surface area contributed by atoms with Gasteiger partial charge in [0, 0.05) is 17.4 Å². The first-order valence-electron chi connectivity index (χ1n) is 20.7. The van der Waals surface area contributed by atoms with E-state index in [4.69, 9.17) is 18.9 Å². The van der Waals surface area contributed by atoms with Gasteiger partial charge in [0.05, 0.1) is 38.6 Å². The van der Waals surface area contributed by atoms with Gasteiger partial charge < -0.3 is 70.0 Å². The van der Waals surface area contributed by atoms with E-state index in [9.17, 15) is 51.1 Å². The Morgan fingerprint density at radius 2 is 1.47 bits per heavy atom. The van der Waals surface area contributed by atoms with E-state index in [0.29, 0.717) is 25.7 Å². The smallest absolute Gasteiger partial charge is 0.187 e. The van der Waals surface area contributed by atoms with E-state index in [-0.39, 0.29) is 61.1 Å². The molecule has 0 spiro atoms. The van der Waals surface area contributed by atoms with Crippen LogP contribution in [0.2, 0.25) is 0 Å². The molecule has 0 aromatic heterocycles. The van der Waals surface area contributed by atoms with Crippen LogP contribution < -0.4 is 0 Å². The molecule has 0 aromatic carbocycles. The van der Waals surface area contributed by atoms with Crippen molar-refractivity contribution in [2.45, 2.75) is 166 Å². The highest BCUT2D eigenvalue weighted by molar-refractivity contribution is 5.19. The monoisotopic (exact) mass is 786 g/mol. The Hall–Kier alpha value is -0.820. The third kappa shape index (κ3) is 7.09. The molecule has 14 nitrogen and oxygen atoms in total. The fourth-order valence-corrected chi connectivity index (χ4v) is 13.1. The van der Waals surface area contributed by atoms with Gasteiger partial charge in [0.2, 0.25) is 0 Å². The normalized spacial score (nSPS) is 51.5. The summed E-state index contributed by atoms with van der Waals surface area (Å²) in [5.74, 6) is 0.317. The Kier molecular flexibility index (Phi) is 13.0. The van der Waals surface area contributed by atoms with Crippen LogP contribution in [-0.2, 0) is 18.9 Å². The van der Waals surface area contributed by atoms with Crippen LogP contribution in [0.25, 0.3) is 0 Å². The number of fused-ring (bicyclic) bond motifs is 5. The van der Waals surface area contributed by atoms with Gasteiger partial charge >= 0.3 is 0 Å². The third-order valence-corrected chi connectivity index (χ3v) is 16.5. The van der Waals surface area contributed by atoms with Crippen LogP contribution in [0.3, 0.4) is 0 Å². The van der Waals surface area contributed by atoms with Gasteiger partial charge in [-0.05, 0) is 105 Å². The molecule has 4 aliphatic carbocycles. The Morgan fingerprint density at radius 3 is 2.13 bits per heavy atom. The van der Waals surface area contributed by atoms with E-state index in [1.165, 1.54) is 0 Å². The lowest BCUT2D eigenvalue weighted by Crippen LogP contribution is -2.69. The number of rotatable bonds is 11. The highest BCUT2D eigenvalue weighted by Crippen LogP contribution is 2.75. The Morgan fingerprint density at radius 1 is 0.745 bits per heavy atom. The maximum atomic E-state index is 12.2. The molecular formula is C41H70O14. The third-order valence-electron chi connectivity index (χ3n) is 16.5. The molecule has 10 N–H and O–H groups in total.